The molecule has 0 fully saturated rings. The molecule has 2 rings (SSSR count). The summed E-state index contributed by atoms with van der Waals surface area (Å²) in [6, 6.07) is 15.6. The second-order valence-electron chi connectivity index (χ2n) is 6.34. The van der Waals surface area contributed by atoms with Crippen LogP contribution in [0.4, 0.5) is 0 Å². The van der Waals surface area contributed by atoms with Gasteiger partial charge in [0.15, 0.2) is 18.0 Å². The zero-order chi connectivity index (χ0) is 22.0. The lowest BCUT2D eigenvalue weighted by molar-refractivity contribution is -0.142. The molecule has 0 aliphatic carbocycles. The first-order chi connectivity index (χ1) is 14.4. The van der Waals surface area contributed by atoms with Crippen molar-refractivity contribution in [2.24, 2.45) is 0 Å². The van der Waals surface area contributed by atoms with Crippen molar-refractivity contribution in [3.63, 3.8) is 0 Å². The highest BCUT2D eigenvalue weighted by molar-refractivity contribution is 7.55. The molecule has 0 heterocycles. The number of hydrogen-bond acceptors (Lipinski definition) is 7. The highest BCUT2D eigenvalue weighted by Gasteiger charge is 2.42. The molecule has 0 spiro atoms. The molecule has 162 valence electrons. The SMILES string of the molecule is CCOP(=O)(OCC)C(Cc1ccccc1)C(=O)OCC(=O)c1ccc(OC)cc1. The lowest BCUT2D eigenvalue weighted by Gasteiger charge is -2.25. The molecular formula is C22H27O7P. The van der Waals surface area contributed by atoms with Crippen LogP contribution in [-0.2, 0) is 29.6 Å². The molecule has 2 aromatic rings. The summed E-state index contributed by atoms with van der Waals surface area (Å²) in [6.45, 7) is 3.09. The predicted molar refractivity (Wildman–Crippen MR) is 113 cm³/mol. The first kappa shape index (κ1) is 23.8. The van der Waals surface area contributed by atoms with Crippen molar-refractivity contribution < 1.29 is 32.7 Å². The van der Waals surface area contributed by atoms with E-state index in [0.717, 1.165) is 5.56 Å². The Hall–Kier alpha value is -2.47. The number of hydrogen-bond donors (Lipinski definition) is 0. The zero-order valence-corrected chi connectivity index (χ0v) is 18.3. The third kappa shape index (κ3) is 6.52. The Kier molecular flexibility index (Phi) is 9.24. The van der Waals surface area contributed by atoms with Crippen molar-refractivity contribution in [2.75, 3.05) is 26.9 Å². The fraction of sp³-hybridized carbons (Fsp3) is 0.364. The van der Waals surface area contributed by atoms with Gasteiger partial charge in [-0.3, -0.25) is 14.2 Å². The summed E-state index contributed by atoms with van der Waals surface area (Å²) in [5.74, 6) is -0.570. The normalized spacial score (nSPS) is 12.2. The van der Waals surface area contributed by atoms with E-state index in [4.69, 9.17) is 18.5 Å². The average Bonchev–Trinajstić information content (AvgIpc) is 2.76. The molecule has 0 radical (unpaired) electrons. The quantitative estimate of drug-likeness (QED) is 0.280. The third-order valence-corrected chi connectivity index (χ3v) is 6.69. The average molecular weight is 434 g/mol. The van der Waals surface area contributed by atoms with Crippen LogP contribution in [0.25, 0.3) is 0 Å². The zero-order valence-electron chi connectivity index (χ0n) is 17.4. The molecule has 0 saturated carbocycles. The maximum atomic E-state index is 13.3. The molecular weight excluding hydrogens is 407 g/mol. The summed E-state index contributed by atoms with van der Waals surface area (Å²) in [5.41, 5.74) is -0.0231. The van der Waals surface area contributed by atoms with Crippen LogP contribution in [-0.4, -0.2) is 44.3 Å². The molecule has 0 saturated heterocycles. The molecule has 2 aromatic carbocycles. The number of Topliss-reactive ketones (excluding diaryl/α,β-unsaturated/α-hetero) is 1. The Morgan fingerprint density at radius 3 is 2.07 bits per heavy atom. The lowest BCUT2D eigenvalue weighted by atomic mass is 10.1. The molecule has 0 bridgehead atoms. The topological polar surface area (TPSA) is 88.1 Å². The van der Waals surface area contributed by atoms with Gasteiger partial charge in [-0.25, -0.2) is 0 Å². The maximum Gasteiger partial charge on any atom is 0.345 e. The lowest BCUT2D eigenvalue weighted by Crippen LogP contribution is -2.29. The van der Waals surface area contributed by atoms with E-state index >= 15 is 0 Å². The molecule has 0 N–H and O–H groups in total. The van der Waals surface area contributed by atoms with E-state index in [2.05, 4.69) is 0 Å². The molecule has 1 unspecified atom stereocenters. The van der Waals surface area contributed by atoms with Crippen LogP contribution < -0.4 is 4.74 Å². The standard InChI is InChI=1S/C22H27O7P/c1-4-28-30(25,29-5-2)21(15-17-9-7-6-8-10-17)22(24)27-16-20(23)18-11-13-19(26-3)14-12-18/h6-14,21H,4-5,15-16H2,1-3H3. The number of rotatable bonds is 12. The number of carbonyl (C=O) groups excluding carboxylic acids is 2. The van der Waals surface area contributed by atoms with Crippen LogP contribution >= 0.6 is 7.60 Å². The Morgan fingerprint density at radius 1 is 0.933 bits per heavy atom. The number of carbonyl (C=O) groups is 2. The molecule has 0 amide bonds. The Balaban J connectivity index is 2.16. The van der Waals surface area contributed by atoms with Crippen LogP contribution in [0.15, 0.2) is 54.6 Å². The van der Waals surface area contributed by atoms with E-state index in [1.807, 2.05) is 30.3 Å². The third-order valence-electron chi connectivity index (χ3n) is 4.30. The largest absolute Gasteiger partial charge is 0.497 e. The first-order valence-corrected chi connectivity index (χ1v) is 11.3. The van der Waals surface area contributed by atoms with Crippen molar-refractivity contribution >= 4 is 19.3 Å². The van der Waals surface area contributed by atoms with Crippen molar-refractivity contribution in [1.29, 1.82) is 0 Å². The van der Waals surface area contributed by atoms with Crippen LogP contribution in [0, 0.1) is 0 Å². The monoisotopic (exact) mass is 434 g/mol. The van der Waals surface area contributed by atoms with Gasteiger partial charge in [-0.05, 0) is 50.1 Å². The van der Waals surface area contributed by atoms with Gasteiger partial charge in [0.1, 0.15) is 5.75 Å². The van der Waals surface area contributed by atoms with Gasteiger partial charge in [-0.2, -0.15) is 0 Å². The highest BCUT2D eigenvalue weighted by atomic mass is 31.2. The summed E-state index contributed by atoms with van der Waals surface area (Å²) in [5, 5.41) is 0. The van der Waals surface area contributed by atoms with Crippen LogP contribution in [0.1, 0.15) is 29.8 Å². The minimum absolute atomic E-state index is 0.105. The fourth-order valence-electron chi connectivity index (χ4n) is 2.83. The predicted octanol–water partition coefficient (Wildman–Crippen LogP) is 4.30. The molecule has 30 heavy (non-hydrogen) atoms. The molecule has 8 heteroatoms. The maximum absolute atomic E-state index is 13.3. The first-order valence-electron chi connectivity index (χ1n) is 9.70. The molecule has 7 nitrogen and oxygen atoms in total. The minimum atomic E-state index is -3.80. The number of ether oxygens (including phenoxy) is 2. The van der Waals surface area contributed by atoms with E-state index in [9.17, 15) is 14.2 Å². The highest BCUT2D eigenvalue weighted by Crippen LogP contribution is 2.54. The van der Waals surface area contributed by atoms with E-state index in [-0.39, 0.29) is 25.4 Å². The number of methoxy groups -OCH3 is 1. The van der Waals surface area contributed by atoms with Crippen LogP contribution in [0.2, 0.25) is 0 Å². The van der Waals surface area contributed by atoms with Crippen molar-refractivity contribution in [2.45, 2.75) is 25.9 Å². The van der Waals surface area contributed by atoms with Crippen LogP contribution in [0.3, 0.4) is 0 Å². The molecule has 0 aromatic heterocycles. The van der Waals surface area contributed by atoms with Gasteiger partial charge in [-0.15, -0.1) is 0 Å². The summed E-state index contributed by atoms with van der Waals surface area (Å²) in [6.07, 6.45) is 0.105. The van der Waals surface area contributed by atoms with Gasteiger partial charge < -0.3 is 18.5 Å². The number of esters is 1. The summed E-state index contributed by atoms with van der Waals surface area (Å²) < 4.78 is 34.4. The van der Waals surface area contributed by atoms with E-state index < -0.39 is 25.8 Å². The van der Waals surface area contributed by atoms with Crippen molar-refractivity contribution in [3.8, 4) is 5.75 Å². The smallest absolute Gasteiger partial charge is 0.345 e. The second kappa shape index (κ2) is 11.6. The Morgan fingerprint density at radius 2 is 1.53 bits per heavy atom. The number of benzene rings is 2. The Bertz CT molecular complexity index is 855. The number of ketones is 1. The summed E-state index contributed by atoms with van der Waals surface area (Å²) in [4.78, 5) is 25.2. The van der Waals surface area contributed by atoms with Gasteiger partial charge >= 0.3 is 13.6 Å². The Labute approximate surface area is 176 Å². The van der Waals surface area contributed by atoms with Crippen molar-refractivity contribution in [3.05, 3.63) is 65.7 Å². The molecule has 0 aliphatic rings. The van der Waals surface area contributed by atoms with Gasteiger partial charge in [0.05, 0.1) is 20.3 Å². The van der Waals surface area contributed by atoms with Crippen molar-refractivity contribution in [1.82, 2.24) is 0 Å². The summed E-state index contributed by atoms with van der Waals surface area (Å²) >= 11 is 0. The van der Waals surface area contributed by atoms with Gasteiger partial charge in [-0.1, -0.05) is 30.3 Å². The van der Waals surface area contributed by atoms with Crippen LogP contribution in [0.5, 0.6) is 5.75 Å². The van der Waals surface area contributed by atoms with Gasteiger partial charge in [0, 0.05) is 5.56 Å². The minimum Gasteiger partial charge on any atom is -0.497 e. The van der Waals surface area contributed by atoms with Gasteiger partial charge in [0.2, 0.25) is 0 Å². The van der Waals surface area contributed by atoms with E-state index in [1.54, 1.807) is 38.1 Å². The van der Waals surface area contributed by atoms with E-state index in [1.165, 1.54) is 7.11 Å². The fourth-order valence-corrected chi connectivity index (χ4v) is 4.75. The van der Waals surface area contributed by atoms with E-state index in [0.29, 0.717) is 11.3 Å². The second-order valence-corrected chi connectivity index (χ2v) is 8.56. The molecule has 1 atom stereocenters. The molecule has 0 aliphatic heterocycles. The van der Waals surface area contributed by atoms with Gasteiger partial charge in [0.25, 0.3) is 0 Å². The summed E-state index contributed by atoms with van der Waals surface area (Å²) in [7, 11) is -2.27.